The van der Waals surface area contributed by atoms with Crippen LogP contribution in [-0.4, -0.2) is 35.7 Å². The van der Waals surface area contributed by atoms with E-state index in [1.165, 1.54) is 49.5 Å². The standard InChI is InChI=1S/C29H35N5O3S/c1-18(2)37-25-17-22(20-10-6-5-7-11-20)19(3)16-24(25)32-29-33-27-21(14-15-30-27)28(34-29)31-23-12-8-9-13-26(23)38(4,35)36/h8-9,12-18,20H,5-7,10-11H2,1-4H3,(H3,30,31,32,33,34). The molecule has 200 valence electrons. The summed E-state index contributed by atoms with van der Waals surface area (Å²) in [5.41, 5.74) is 4.45. The van der Waals surface area contributed by atoms with Gasteiger partial charge in [0.2, 0.25) is 5.95 Å². The average Bonchev–Trinajstić information content (AvgIpc) is 3.35. The second-order valence-electron chi connectivity index (χ2n) is 10.4. The predicted molar refractivity (Wildman–Crippen MR) is 153 cm³/mol. The van der Waals surface area contributed by atoms with Crippen molar-refractivity contribution in [3.05, 3.63) is 59.8 Å². The summed E-state index contributed by atoms with van der Waals surface area (Å²) in [7, 11) is -3.43. The van der Waals surface area contributed by atoms with E-state index in [-0.39, 0.29) is 11.0 Å². The van der Waals surface area contributed by atoms with E-state index >= 15 is 0 Å². The molecule has 2 aromatic carbocycles. The highest BCUT2D eigenvalue weighted by atomic mass is 32.2. The lowest BCUT2D eigenvalue weighted by Crippen LogP contribution is -2.12. The quantitative estimate of drug-likeness (QED) is 0.224. The molecule has 0 amide bonds. The summed E-state index contributed by atoms with van der Waals surface area (Å²) in [6.07, 6.45) is 9.27. The van der Waals surface area contributed by atoms with Gasteiger partial charge in [0.1, 0.15) is 17.2 Å². The first kappa shape index (κ1) is 26.0. The Bertz CT molecular complexity index is 1560. The first-order valence-corrected chi connectivity index (χ1v) is 15.1. The molecule has 0 radical (unpaired) electrons. The van der Waals surface area contributed by atoms with Gasteiger partial charge in [-0.15, -0.1) is 0 Å². The fourth-order valence-corrected chi connectivity index (χ4v) is 6.08. The van der Waals surface area contributed by atoms with Crippen molar-refractivity contribution >= 4 is 44.0 Å². The van der Waals surface area contributed by atoms with E-state index < -0.39 is 9.84 Å². The van der Waals surface area contributed by atoms with Crippen molar-refractivity contribution in [1.29, 1.82) is 0 Å². The third-order valence-corrected chi connectivity index (χ3v) is 8.13. The molecule has 5 rings (SSSR count). The van der Waals surface area contributed by atoms with Crippen LogP contribution in [-0.2, 0) is 9.84 Å². The van der Waals surface area contributed by atoms with Crippen LogP contribution in [0, 0.1) is 6.92 Å². The summed E-state index contributed by atoms with van der Waals surface area (Å²) in [6.45, 7) is 6.19. The minimum Gasteiger partial charge on any atom is -0.489 e. The van der Waals surface area contributed by atoms with E-state index in [1.807, 2.05) is 19.9 Å². The molecule has 0 atom stereocenters. The third-order valence-electron chi connectivity index (χ3n) is 6.98. The van der Waals surface area contributed by atoms with Gasteiger partial charge < -0.3 is 20.4 Å². The number of anilines is 4. The van der Waals surface area contributed by atoms with Gasteiger partial charge in [-0.1, -0.05) is 31.4 Å². The molecule has 2 aromatic heterocycles. The summed E-state index contributed by atoms with van der Waals surface area (Å²) in [6, 6.07) is 13.0. The molecule has 38 heavy (non-hydrogen) atoms. The van der Waals surface area contributed by atoms with Crippen molar-refractivity contribution in [2.75, 3.05) is 16.9 Å². The second kappa shape index (κ2) is 10.6. The summed E-state index contributed by atoms with van der Waals surface area (Å²) in [5.74, 6) is 2.21. The van der Waals surface area contributed by atoms with Crippen LogP contribution in [0.3, 0.4) is 0 Å². The van der Waals surface area contributed by atoms with Crippen LogP contribution in [0.25, 0.3) is 11.0 Å². The van der Waals surface area contributed by atoms with Gasteiger partial charge in [-0.2, -0.15) is 9.97 Å². The SMILES string of the molecule is Cc1cc(Nc2nc(Nc3ccccc3S(C)(=O)=O)c3cc[nH]c3n2)c(OC(C)C)cc1C1CCCCC1. The maximum atomic E-state index is 12.4. The van der Waals surface area contributed by atoms with Gasteiger partial charge in [-0.05, 0) is 81.0 Å². The van der Waals surface area contributed by atoms with Crippen LogP contribution < -0.4 is 15.4 Å². The Morgan fingerprint density at radius 1 is 1.00 bits per heavy atom. The number of aromatic nitrogens is 3. The number of aryl methyl sites for hydroxylation is 1. The molecule has 1 saturated carbocycles. The van der Waals surface area contributed by atoms with Crippen molar-refractivity contribution in [3.8, 4) is 5.75 Å². The van der Waals surface area contributed by atoms with Gasteiger partial charge in [-0.3, -0.25) is 0 Å². The lowest BCUT2D eigenvalue weighted by molar-refractivity contribution is 0.243. The molecule has 4 aromatic rings. The van der Waals surface area contributed by atoms with Gasteiger partial charge in [0.15, 0.2) is 9.84 Å². The summed E-state index contributed by atoms with van der Waals surface area (Å²) in [5, 5.41) is 7.35. The molecule has 1 aliphatic rings. The molecule has 0 unspecified atom stereocenters. The molecule has 3 N–H and O–H groups in total. The van der Waals surface area contributed by atoms with E-state index in [9.17, 15) is 8.42 Å². The molecule has 0 aliphatic heterocycles. The highest BCUT2D eigenvalue weighted by molar-refractivity contribution is 7.90. The highest BCUT2D eigenvalue weighted by Crippen LogP contribution is 2.40. The van der Waals surface area contributed by atoms with Crippen molar-refractivity contribution < 1.29 is 13.2 Å². The van der Waals surface area contributed by atoms with Crippen molar-refractivity contribution in [1.82, 2.24) is 15.0 Å². The van der Waals surface area contributed by atoms with Gasteiger partial charge in [0.05, 0.1) is 27.8 Å². The normalized spacial score (nSPS) is 14.7. The molecule has 8 nitrogen and oxygen atoms in total. The predicted octanol–water partition coefficient (Wildman–Crippen LogP) is 6.99. The fraction of sp³-hybridized carbons (Fsp3) is 0.379. The van der Waals surface area contributed by atoms with Crippen LogP contribution in [0.2, 0.25) is 0 Å². The Balaban J connectivity index is 1.53. The number of H-pyrrole nitrogens is 1. The van der Waals surface area contributed by atoms with E-state index in [4.69, 9.17) is 9.72 Å². The average molecular weight is 534 g/mol. The first-order chi connectivity index (χ1) is 18.2. The summed E-state index contributed by atoms with van der Waals surface area (Å²) < 4.78 is 31.0. The topological polar surface area (TPSA) is 109 Å². The number of aromatic amines is 1. The number of hydrogen-bond donors (Lipinski definition) is 3. The number of fused-ring (bicyclic) bond motifs is 1. The van der Waals surface area contributed by atoms with Crippen LogP contribution in [0.15, 0.2) is 53.6 Å². The van der Waals surface area contributed by atoms with Crippen molar-refractivity contribution in [2.45, 2.75) is 69.8 Å². The summed E-state index contributed by atoms with van der Waals surface area (Å²) >= 11 is 0. The number of rotatable bonds is 8. The Kier molecular flexibility index (Phi) is 7.29. The highest BCUT2D eigenvalue weighted by Gasteiger charge is 2.21. The van der Waals surface area contributed by atoms with Crippen molar-refractivity contribution in [3.63, 3.8) is 0 Å². The Morgan fingerprint density at radius 3 is 2.50 bits per heavy atom. The zero-order valence-corrected chi connectivity index (χ0v) is 23.2. The maximum absolute atomic E-state index is 12.4. The van der Waals surface area contributed by atoms with Crippen molar-refractivity contribution in [2.24, 2.45) is 0 Å². The Morgan fingerprint density at radius 2 is 1.76 bits per heavy atom. The number of ether oxygens (including phenoxy) is 1. The first-order valence-electron chi connectivity index (χ1n) is 13.2. The van der Waals surface area contributed by atoms with Crippen LogP contribution >= 0.6 is 0 Å². The van der Waals surface area contributed by atoms with Crippen LogP contribution in [0.4, 0.5) is 23.1 Å². The van der Waals surface area contributed by atoms with E-state index in [0.717, 1.165) is 16.8 Å². The maximum Gasteiger partial charge on any atom is 0.231 e. The largest absolute Gasteiger partial charge is 0.489 e. The smallest absolute Gasteiger partial charge is 0.231 e. The van der Waals surface area contributed by atoms with Crippen LogP contribution in [0.1, 0.15) is 63.0 Å². The molecule has 2 heterocycles. The van der Waals surface area contributed by atoms with Gasteiger partial charge in [0.25, 0.3) is 0 Å². The molecule has 1 aliphatic carbocycles. The van der Waals surface area contributed by atoms with Gasteiger partial charge >= 0.3 is 0 Å². The zero-order valence-electron chi connectivity index (χ0n) is 22.3. The molecule has 9 heteroatoms. The number of benzene rings is 2. The number of nitrogens with zero attached hydrogens (tertiary/aromatic N) is 2. The minimum atomic E-state index is -3.43. The van der Waals surface area contributed by atoms with E-state index in [2.05, 4.69) is 39.7 Å². The zero-order chi connectivity index (χ0) is 26.9. The van der Waals surface area contributed by atoms with Gasteiger partial charge in [-0.25, -0.2) is 8.42 Å². The lowest BCUT2D eigenvalue weighted by atomic mass is 9.82. The molecular weight excluding hydrogens is 498 g/mol. The Hall–Kier alpha value is -3.59. The number of sulfone groups is 1. The molecular formula is C29H35N5O3S. The number of hydrogen-bond acceptors (Lipinski definition) is 7. The summed E-state index contributed by atoms with van der Waals surface area (Å²) in [4.78, 5) is 12.8. The molecule has 1 fully saturated rings. The Labute approximate surface area is 224 Å². The molecule has 0 saturated heterocycles. The fourth-order valence-electron chi connectivity index (χ4n) is 5.24. The molecule has 0 bridgehead atoms. The molecule has 0 spiro atoms. The number of nitrogens with one attached hydrogen (secondary N) is 3. The van der Waals surface area contributed by atoms with E-state index in [0.29, 0.717) is 29.0 Å². The number of para-hydroxylation sites is 1. The minimum absolute atomic E-state index is 0.00832. The van der Waals surface area contributed by atoms with Gasteiger partial charge in [0, 0.05) is 12.5 Å². The monoisotopic (exact) mass is 533 g/mol. The van der Waals surface area contributed by atoms with E-state index in [1.54, 1.807) is 30.5 Å². The third kappa shape index (κ3) is 5.62. The second-order valence-corrected chi connectivity index (χ2v) is 12.3. The lowest BCUT2D eigenvalue weighted by Gasteiger charge is -2.26. The van der Waals surface area contributed by atoms with Crippen LogP contribution in [0.5, 0.6) is 5.75 Å².